The summed E-state index contributed by atoms with van der Waals surface area (Å²) in [6, 6.07) is 36.0. The second-order valence-electron chi connectivity index (χ2n) is 10.9. The molecule has 0 aliphatic rings. The molecule has 0 radical (unpaired) electrons. The molecule has 0 aromatic heterocycles. The molecule has 0 amide bonds. The maximum atomic E-state index is 8.90. The predicted octanol–water partition coefficient (Wildman–Crippen LogP) is 11.3. The van der Waals surface area contributed by atoms with Gasteiger partial charge >= 0.3 is 0 Å². The third kappa shape index (κ3) is 13.2. The van der Waals surface area contributed by atoms with Gasteiger partial charge in [0, 0.05) is 22.2 Å². The molecule has 0 atom stereocenters. The van der Waals surface area contributed by atoms with Crippen LogP contribution in [0.2, 0.25) is 0 Å². The minimum atomic E-state index is 0.663. The van der Waals surface area contributed by atoms with E-state index in [0.717, 1.165) is 22.5 Å². The summed E-state index contributed by atoms with van der Waals surface area (Å²) in [5.41, 5.74) is 5.19. The Labute approximate surface area is 277 Å². The Morgan fingerprint density at radius 1 is 0.444 bits per heavy atom. The Kier molecular flexibility index (Phi) is 15.0. The lowest BCUT2D eigenvalue weighted by Gasteiger charge is -2.04. The van der Waals surface area contributed by atoms with Crippen LogP contribution in [0.3, 0.4) is 0 Å². The Morgan fingerprint density at radius 3 is 1.11 bits per heavy atom. The van der Waals surface area contributed by atoms with Crippen molar-refractivity contribution in [3.8, 4) is 12.1 Å². The fraction of sp³-hybridized carbons (Fsp3) is 0.282. The number of benzene rings is 4. The zero-order chi connectivity index (χ0) is 31.4. The van der Waals surface area contributed by atoms with E-state index in [1.807, 2.05) is 84.5 Å². The van der Waals surface area contributed by atoms with Crippen LogP contribution in [0.25, 0.3) is 0 Å². The summed E-state index contributed by atoms with van der Waals surface area (Å²) >= 11 is 3.86. The first kappa shape index (κ1) is 33.8. The van der Waals surface area contributed by atoms with E-state index in [9.17, 15) is 0 Å². The smallest absolute Gasteiger partial charge is 0.0991 e. The number of hydrogen-bond acceptors (Lipinski definition) is 6. The van der Waals surface area contributed by atoms with E-state index in [-0.39, 0.29) is 0 Å². The van der Waals surface area contributed by atoms with Crippen LogP contribution in [-0.4, -0.2) is 23.9 Å². The normalized spacial score (nSPS) is 11.2. The van der Waals surface area contributed by atoms with Gasteiger partial charge in [0.2, 0.25) is 0 Å². The van der Waals surface area contributed by atoms with E-state index in [4.69, 9.17) is 10.5 Å². The highest BCUT2D eigenvalue weighted by Gasteiger charge is 1.99. The molecule has 0 unspecified atom stereocenters. The van der Waals surface area contributed by atoms with Crippen molar-refractivity contribution in [2.24, 2.45) is 9.98 Å². The third-order valence-corrected chi connectivity index (χ3v) is 9.50. The fourth-order valence-corrected chi connectivity index (χ4v) is 6.49. The van der Waals surface area contributed by atoms with Crippen molar-refractivity contribution < 1.29 is 0 Å². The van der Waals surface area contributed by atoms with E-state index < -0.39 is 0 Å². The van der Waals surface area contributed by atoms with Crippen molar-refractivity contribution in [1.82, 2.24) is 0 Å². The lowest BCUT2D eigenvalue weighted by Crippen LogP contribution is -1.85. The van der Waals surface area contributed by atoms with Crippen LogP contribution in [0.15, 0.2) is 117 Å². The second-order valence-corrected chi connectivity index (χ2v) is 13.2. The van der Waals surface area contributed by atoms with Gasteiger partial charge in [-0.25, -0.2) is 0 Å². The van der Waals surface area contributed by atoms with Crippen LogP contribution < -0.4 is 0 Å². The molecule has 0 spiro atoms. The van der Waals surface area contributed by atoms with Crippen molar-refractivity contribution >= 4 is 47.3 Å². The van der Waals surface area contributed by atoms with Gasteiger partial charge in [0.05, 0.1) is 34.6 Å². The molecule has 0 saturated carbocycles. The molecule has 6 heteroatoms. The van der Waals surface area contributed by atoms with Crippen LogP contribution in [0.5, 0.6) is 0 Å². The van der Waals surface area contributed by atoms with Gasteiger partial charge in [0.25, 0.3) is 0 Å². The first-order valence-corrected chi connectivity index (χ1v) is 17.7. The van der Waals surface area contributed by atoms with E-state index in [0.29, 0.717) is 11.1 Å². The average Bonchev–Trinajstić information content (AvgIpc) is 3.10. The number of rotatable bonds is 18. The average molecular weight is 629 g/mol. The molecular formula is C39H40N4S2. The maximum absolute atomic E-state index is 8.90. The van der Waals surface area contributed by atoms with Crippen LogP contribution in [0.1, 0.15) is 80.0 Å². The van der Waals surface area contributed by atoms with Gasteiger partial charge < -0.3 is 0 Å². The molecule has 228 valence electrons. The minimum Gasteiger partial charge on any atom is -0.256 e. The lowest BCUT2D eigenvalue weighted by molar-refractivity contribution is 0.574. The largest absolute Gasteiger partial charge is 0.256 e. The Morgan fingerprint density at radius 2 is 0.778 bits per heavy atom. The minimum absolute atomic E-state index is 0.663. The molecule has 0 saturated heterocycles. The number of aliphatic imine (C=N–C) groups is 2. The molecule has 0 aliphatic carbocycles. The van der Waals surface area contributed by atoms with Gasteiger partial charge in [-0.05, 0) is 108 Å². The van der Waals surface area contributed by atoms with Gasteiger partial charge in [-0.1, -0.05) is 69.2 Å². The standard InChI is InChI=1S/C39H40N4S2/c40-28-32-10-14-34(15-11-32)30-42-36-18-22-38(23-19-36)44-26-8-6-4-2-1-3-5-7-9-27-45-39-24-20-37(21-25-39)43-31-35-16-12-33(29-41)13-17-35/h10-25,30-31H,1-9,26-27H2. The predicted molar refractivity (Wildman–Crippen MR) is 193 cm³/mol. The highest BCUT2D eigenvalue weighted by atomic mass is 32.2. The molecule has 4 rings (SSSR count). The van der Waals surface area contributed by atoms with Crippen LogP contribution in [-0.2, 0) is 0 Å². The Hall–Kier alpha value is -4.10. The summed E-state index contributed by atoms with van der Waals surface area (Å²) in [6.45, 7) is 0. The van der Waals surface area contributed by atoms with Crippen LogP contribution >= 0.6 is 23.5 Å². The topological polar surface area (TPSA) is 72.3 Å². The molecule has 0 bridgehead atoms. The van der Waals surface area contributed by atoms with Crippen molar-refractivity contribution in [2.45, 2.75) is 67.6 Å². The van der Waals surface area contributed by atoms with Crippen molar-refractivity contribution in [2.75, 3.05) is 11.5 Å². The highest BCUT2D eigenvalue weighted by molar-refractivity contribution is 7.99. The summed E-state index contributed by atoms with van der Waals surface area (Å²) in [4.78, 5) is 11.7. The summed E-state index contributed by atoms with van der Waals surface area (Å²) in [5, 5.41) is 17.8. The van der Waals surface area contributed by atoms with Crippen molar-refractivity contribution in [3.63, 3.8) is 0 Å². The molecular weight excluding hydrogens is 589 g/mol. The lowest BCUT2D eigenvalue weighted by atomic mass is 10.1. The van der Waals surface area contributed by atoms with Gasteiger partial charge in [-0.2, -0.15) is 10.5 Å². The number of hydrogen-bond donors (Lipinski definition) is 0. The number of nitriles is 2. The van der Waals surface area contributed by atoms with E-state index in [2.05, 4.69) is 70.7 Å². The first-order valence-electron chi connectivity index (χ1n) is 15.8. The quantitative estimate of drug-likeness (QED) is 0.0624. The second kappa shape index (κ2) is 20.0. The molecule has 4 aromatic carbocycles. The zero-order valence-corrected chi connectivity index (χ0v) is 27.4. The Balaban J connectivity index is 0.959. The van der Waals surface area contributed by atoms with Crippen molar-refractivity contribution in [1.29, 1.82) is 10.5 Å². The number of unbranched alkanes of at least 4 members (excludes halogenated alkanes) is 8. The first-order chi connectivity index (χ1) is 22.2. The number of nitrogens with zero attached hydrogens (tertiary/aromatic N) is 4. The van der Waals surface area contributed by atoms with Crippen molar-refractivity contribution in [3.05, 3.63) is 119 Å². The Bertz CT molecular complexity index is 1440. The van der Waals surface area contributed by atoms with Crippen LogP contribution in [0, 0.1) is 22.7 Å². The third-order valence-electron chi connectivity index (χ3n) is 7.30. The molecule has 0 fully saturated rings. The SMILES string of the molecule is N#Cc1ccc(C=Nc2ccc(SCCCCCCCCCCCSc3ccc(N=Cc4ccc(C#N)cc4)cc3)cc2)cc1. The zero-order valence-electron chi connectivity index (χ0n) is 25.8. The summed E-state index contributed by atoms with van der Waals surface area (Å²) < 4.78 is 0. The maximum Gasteiger partial charge on any atom is 0.0991 e. The van der Waals surface area contributed by atoms with E-state index in [1.165, 1.54) is 79.1 Å². The van der Waals surface area contributed by atoms with Gasteiger partial charge in [-0.3, -0.25) is 9.98 Å². The highest BCUT2D eigenvalue weighted by Crippen LogP contribution is 2.25. The molecule has 0 heterocycles. The molecule has 0 aliphatic heterocycles. The van der Waals surface area contributed by atoms with E-state index >= 15 is 0 Å². The number of thioether (sulfide) groups is 2. The van der Waals surface area contributed by atoms with Crippen LogP contribution in [0.4, 0.5) is 11.4 Å². The van der Waals surface area contributed by atoms with Gasteiger partial charge in [0.1, 0.15) is 0 Å². The molecule has 0 N–H and O–H groups in total. The molecule has 45 heavy (non-hydrogen) atoms. The van der Waals surface area contributed by atoms with Gasteiger partial charge in [0.15, 0.2) is 0 Å². The summed E-state index contributed by atoms with van der Waals surface area (Å²) in [5.74, 6) is 2.33. The molecule has 4 aromatic rings. The monoisotopic (exact) mass is 628 g/mol. The fourth-order valence-electron chi connectivity index (χ4n) is 4.66. The summed E-state index contributed by atoms with van der Waals surface area (Å²) in [7, 11) is 0. The van der Waals surface area contributed by atoms with E-state index in [1.54, 1.807) is 0 Å². The van der Waals surface area contributed by atoms with Gasteiger partial charge in [-0.15, -0.1) is 23.5 Å². The molecule has 4 nitrogen and oxygen atoms in total. The summed E-state index contributed by atoms with van der Waals surface area (Å²) in [6.07, 6.45) is 15.6.